The molecule has 5 heteroatoms. The number of carbonyl (C=O) groups excluding carboxylic acids is 2. The lowest BCUT2D eigenvalue weighted by atomic mass is 9.96. The maximum Gasteiger partial charge on any atom is 0.325 e. The number of carbonyl (C=O) groups is 2. The van der Waals surface area contributed by atoms with Crippen LogP contribution in [0.4, 0.5) is 4.79 Å². The summed E-state index contributed by atoms with van der Waals surface area (Å²) >= 11 is 0. The quantitative estimate of drug-likeness (QED) is 0.644. The summed E-state index contributed by atoms with van der Waals surface area (Å²) in [7, 11) is 0. The van der Waals surface area contributed by atoms with Crippen molar-refractivity contribution in [3.05, 3.63) is 0 Å². The Kier molecular flexibility index (Phi) is 2.42. The lowest BCUT2D eigenvalue weighted by Gasteiger charge is -2.32. The van der Waals surface area contributed by atoms with E-state index in [1.807, 2.05) is 0 Å². The molecule has 1 aliphatic heterocycles. The minimum atomic E-state index is -0.659. The third-order valence-electron chi connectivity index (χ3n) is 3.28. The second kappa shape index (κ2) is 3.48. The number of amides is 3. The largest absolute Gasteiger partial charge is 0.392 e. The highest BCUT2D eigenvalue weighted by atomic mass is 16.3. The number of β-amino-alcohol motifs (C(OH)–C–C–N with tert-alkyl or cyclic N) is 1. The molecule has 1 spiro atoms. The minimum Gasteiger partial charge on any atom is -0.392 e. The molecule has 0 radical (unpaired) electrons. The highest BCUT2D eigenvalue weighted by Gasteiger charge is 2.54. The summed E-state index contributed by atoms with van der Waals surface area (Å²) < 4.78 is 0. The summed E-state index contributed by atoms with van der Waals surface area (Å²) in [5.41, 5.74) is -0.659. The van der Waals surface area contributed by atoms with Crippen molar-refractivity contribution in [2.24, 2.45) is 0 Å². The topological polar surface area (TPSA) is 69.6 Å². The molecule has 2 N–H and O–H groups in total. The monoisotopic (exact) mass is 212 g/mol. The average Bonchev–Trinajstić information content (AvgIpc) is 2.69. The smallest absolute Gasteiger partial charge is 0.325 e. The molecule has 2 fully saturated rings. The van der Waals surface area contributed by atoms with Crippen LogP contribution in [-0.2, 0) is 4.79 Å². The molecule has 1 saturated heterocycles. The maximum atomic E-state index is 11.7. The molecule has 1 saturated carbocycles. The summed E-state index contributed by atoms with van der Waals surface area (Å²) in [6.45, 7) is 1.86. The highest BCUT2D eigenvalue weighted by Crippen LogP contribution is 2.38. The van der Waals surface area contributed by atoms with Crippen LogP contribution < -0.4 is 5.32 Å². The lowest BCUT2D eigenvalue weighted by Crippen LogP contribution is -2.49. The molecule has 2 rings (SSSR count). The summed E-state index contributed by atoms with van der Waals surface area (Å²) in [5.74, 6) is -0.189. The van der Waals surface area contributed by atoms with Gasteiger partial charge in [0.15, 0.2) is 0 Å². The molecule has 1 atom stereocenters. The predicted molar refractivity (Wildman–Crippen MR) is 53.1 cm³/mol. The molecular formula is C10H16N2O3. The van der Waals surface area contributed by atoms with Crippen LogP contribution in [0.2, 0.25) is 0 Å². The van der Waals surface area contributed by atoms with Gasteiger partial charge in [-0.05, 0) is 19.8 Å². The van der Waals surface area contributed by atoms with Gasteiger partial charge >= 0.3 is 6.03 Å². The van der Waals surface area contributed by atoms with Crippen molar-refractivity contribution >= 4 is 11.9 Å². The van der Waals surface area contributed by atoms with E-state index in [9.17, 15) is 14.7 Å². The Labute approximate surface area is 88.4 Å². The number of aliphatic hydroxyl groups is 1. The SMILES string of the molecule is CC(O)CN1C(=O)NC(=O)C12CCCC2. The zero-order valence-corrected chi connectivity index (χ0v) is 8.82. The van der Waals surface area contributed by atoms with Gasteiger partial charge in [0.05, 0.1) is 6.10 Å². The number of hydrogen-bond acceptors (Lipinski definition) is 3. The third-order valence-corrected chi connectivity index (χ3v) is 3.28. The molecule has 3 amide bonds. The van der Waals surface area contributed by atoms with Gasteiger partial charge in [-0.3, -0.25) is 10.1 Å². The fraction of sp³-hybridized carbons (Fsp3) is 0.800. The van der Waals surface area contributed by atoms with Crippen molar-refractivity contribution < 1.29 is 14.7 Å². The van der Waals surface area contributed by atoms with Crippen molar-refractivity contribution in [3.8, 4) is 0 Å². The van der Waals surface area contributed by atoms with Crippen LogP contribution in [0.5, 0.6) is 0 Å². The van der Waals surface area contributed by atoms with E-state index in [0.717, 1.165) is 25.7 Å². The first-order valence-electron chi connectivity index (χ1n) is 5.37. The van der Waals surface area contributed by atoms with Gasteiger partial charge in [0.2, 0.25) is 0 Å². The number of aliphatic hydroxyl groups excluding tert-OH is 1. The Morgan fingerprint density at radius 2 is 2.07 bits per heavy atom. The Bertz CT molecular complexity index is 295. The molecule has 2 aliphatic rings. The van der Waals surface area contributed by atoms with Gasteiger partial charge in [0.1, 0.15) is 5.54 Å². The average molecular weight is 212 g/mol. The standard InChI is InChI=1S/C10H16N2O3/c1-7(13)6-12-9(15)11-8(14)10(12)4-2-3-5-10/h7,13H,2-6H2,1H3,(H,11,14,15). The molecule has 1 aliphatic carbocycles. The van der Waals surface area contributed by atoms with E-state index in [1.165, 1.54) is 4.90 Å². The first-order valence-corrected chi connectivity index (χ1v) is 5.37. The van der Waals surface area contributed by atoms with Crippen molar-refractivity contribution in [2.45, 2.75) is 44.2 Å². The Morgan fingerprint density at radius 1 is 1.47 bits per heavy atom. The van der Waals surface area contributed by atoms with Crippen LogP contribution in [-0.4, -0.2) is 40.1 Å². The van der Waals surface area contributed by atoms with Crippen LogP contribution in [0.3, 0.4) is 0 Å². The summed E-state index contributed by atoms with van der Waals surface area (Å²) in [6.07, 6.45) is 2.78. The second-order valence-corrected chi connectivity index (χ2v) is 4.46. The molecule has 0 aromatic heterocycles. The summed E-state index contributed by atoms with van der Waals surface area (Å²) in [4.78, 5) is 24.8. The molecule has 5 nitrogen and oxygen atoms in total. The van der Waals surface area contributed by atoms with Gasteiger partial charge in [0, 0.05) is 6.54 Å². The van der Waals surface area contributed by atoms with Gasteiger partial charge in [-0.2, -0.15) is 0 Å². The van der Waals surface area contributed by atoms with Crippen LogP contribution >= 0.6 is 0 Å². The Hall–Kier alpha value is -1.10. The zero-order valence-electron chi connectivity index (χ0n) is 8.82. The van der Waals surface area contributed by atoms with E-state index in [4.69, 9.17) is 0 Å². The molecule has 15 heavy (non-hydrogen) atoms. The Balaban J connectivity index is 2.24. The lowest BCUT2D eigenvalue weighted by molar-refractivity contribution is -0.126. The molecule has 0 aromatic carbocycles. The predicted octanol–water partition coefficient (Wildman–Crippen LogP) is 0.232. The van der Waals surface area contributed by atoms with Crippen LogP contribution in [0, 0.1) is 0 Å². The highest BCUT2D eigenvalue weighted by molar-refractivity contribution is 6.07. The maximum absolute atomic E-state index is 11.7. The normalized spacial score (nSPS) is 26.1. The van der Waals surface area contributed by atoms with Crippen LogP contribution in [0.15, 0.2) is 0 Å². The first kappa shape index (κ1) is 10.4. The number of rotatable bonds is 2. The van der Waals surface area contributed by atoms with E-state index < -0.39 is 11.6 Å². The molecular weight excluding hydrogens is 196 g/mol. The van der Waals surface area contributed by atoms with Crippen molar-refractivity contribution in [3.63, 3.8) is 0 Å². The van der Waals surface area contributed by atoms with E-state index in [1.54, 1.807) is 6.92 Å². The van der Waals surface area contributed by atoms with Crippen LogP contribution in [0.25, 0.3) is 0 Å². The molecule has 0 bridgehead atoms. The zero-order chi connectivity index (χ0) is 11.1. The minimum absolute atomic E-state index is 0.189. The van der Waals surface area contributed by atoms with E-state index in [2.05, 4.69) is 5.32 Å². The van der Waals surface area contributed by atoms with Gasteiger partial charge in [-0.1, -0.05) is 12.8 Å². The summed E-state index contributed by atoms with van der Waals surface area (Å²) in [6, 6.07) is -0.359. The molecule has 1 unspecified atom stereocenters. The fourth-order valence-corrected chi connectivity index (χ4v) is 2.58. The fourth-order valence-electron chi connectivity index (χ4n) is 2.58. The number of nitrogens with zero attached hydrogens (tertiary/aromatic N) is 1. The van der Waals surface area contributed by atoms with Crippen molar-refractivity contribution in [1.82, 2.24) is 10.2 Å². The van der Waals surface area contributed by atoms with E-state index in [0.29, 0.717) is 0 Å². The number of nitrogens with one attached hydrogen (secondary N) is 1. The molecule has 0 aromatic rings. The van der Waals surface area contributed by atoms with E-state index in [-0.39, 0.29) is 18.5 Å². The van der Waals surface area contributed by atoms with Gasteiger partial charge < -0.3 is 10.0 Å². The number of imide groups is 1. The van der Waals surface area contributed by atoms with Crippen molar-refractivity contribution in [1.29, 1.82) is 0 Å². The second-order valence-electron chi connectivity index (χ2n) is 4.46. The van der Waals surface area contributed by atoms with Gasteiger partial charge in [0.25, 0.3) is 5.91 Å². The summed E-state index contributed by atoms with van der Waals surface area (Å²) in [5, 5.41) is 11.7. The van der Waals surface area contributed by atoms with Gasteiger partial charge in [-0.15, -0.1) is 0 Å². The molecule has 84 valence electrons. The van der Waals surface area contributed by atoms with E-state index >= 15 is 0 Å². The Morgan fingerprint density at radius 3 is 2.60 bits per heavy atom. The van der Waals surface area contributed by atoms with Gasteiger partial charge in [-0.25, -0.2) is 4.79 Å². The van der Waals surface area contributed by atoms with Crippen molar-refractivity contribution in [2.75, 3.05) is 6.54 Å². The third kappa shape index (κ3) is 1.51. The first-order chi connectivity index (χ1) is 7.06. The van der Waals surface area contributed by atoms with Crippen LogP contribution in [0.1, 0.15) is 32.6 Å². The molecule has 1 heterocycles. The number of urea groups is 1. The number of hydrogen-bond donors (Lipinski definition) is 2.